The summed E-state index contributed by atoms with van der Waals surface area (Å²) in [6, 6.07) is 5.07. The van der Waals surface area contributed by atoms with E-state index < -0.39 is 59.6 Å². The molecule has 0 unspecified atom stereocenters. The first-order valence-corrected chi connectivity index (χ1v) is 16.1. The van der Waals surface area contributed by atoms with E-state index in [0.29, 0.717) is 32.4 Å². The maximum atomic E-state index is 14.1. The number of amides is 4. The van der Waals surface area contributed by atoms with E-state index in [1.54, 1.807) is 4.90 Å². The van der Waals surface area contributed by atoms with Crippen LogP contribution in [0, 0.1) is 11.8 Å². The molecule has 12 nitrogen and oxygen atoms in total. The Morgan fingerprint density at radius 1 is 1.13 bits per heavy atom. The molecule has 244 valence electrons. The second-order valence-electron chi connectivity index (χ2n) is 13.2. The molecule has 3 heterocycles. The monoisotopic (exact) mass is 623 g/mol. The van der Waals surface area contributed by atoms with Crippen LogP contribution in [0.25, 0.3) is 0 Å². The Morgan fingerprint density at radius 2 is 1.89 bits per heavy atom. The van der Waals surface area contributed by atoms with Crippen LogP contribution in [0.1, 0.15) is 69.9 Å². The first kappa shape index (κ1) is 32.5. The Balaban J connectivity index is 1.37. The Morgan fingerprint density at radius 3 is 2.62 bits per heavy atom. The first-order valence-electron chi connectivity index (χ1n) is 16.1. The van der Waals surface area contributed by atoms with Crippen LogP contribution < -0.4 is 16.4 Å². The lowest BCUT2D eigenvalue weighted by Crippen LogP contribution is -2.57. The number of benzene rings is 1. The summed E-state index contributed by atoms with van der Waals surface area (Å²) in [6.07, 6.45) is 6.81. The summed E-state index contributed by atoms with van der Waals surface area (Å²) in [4.78, 5) is 69.4. The van der Waals surface area contributed by atoms with E-state index in [4.69, 9.17) is 10.5 Å². The third kappa shape index (κ3) is 7.16. The highest BCUT2D eigenvalue weighted by Gasteiger charge is 2.61. The number of ether oxygens (including phenoxy) is 1. The SMILES string of the molecule is CC(C)[C@@H](N)C(=O)N[C@H]1CCCCC/C=C\[C@@H]2C[C@@]2(C(=O)O)NC(=O)[C@@H]2C[C@@H](OC(=O)N3CCc4ccccc4C3)CN2C1=O. The molecule has 1 aromatic rings. The number of hydrogen-bond acceptors (Lipinski definition) is 7. The summed E-state index contributed by atoms with van der Waals surface area (Å²) in [5.74, 6) is -3.19. The lowest BCUT2D eigenvalue weighted by molar-refractivity contribution is -0.146. The summed E-state index contributed by atoms with van der Waals surface area (Å²) >= 11 is 0. The Kier molecular flexibility index (Phi) is 9.81. The maximum Gasteiger partial charge on any atom is 0.410 e. The fraction of sp³-hybridized carbons (Fsp3) is 0.606. The molecule has 6 atom stereocenters. The predicted molar refractivity (Wildman–Crippen MR) is 165 cm³/mol. The molecule has 1 saturated heterocycles. The standard InChI is InChI=1S/C33H45N5O7/c1-20(2)27(34)29(40)35-25-13-7-5-3-4-6-12-23-17-33(23,31(42)43)36-28(39)26-16-24(19-38(26)30(25)41)45-32(44)37-15-14-21-10-8-9-11-22(21)18-37/h6,8-12,20,23-27H,3-5,7,13-19,34H2,1-2H3,(H,35,40)(H,36,39)(H,42,43)/b12-6-/t23-,24-,25+,26+,27-,33-/m1/s1. The zero-order valence-electron chi connectivity index (χ0n) is 26.1. The van der Waals surface area contributed by atoms with Gasteiger partial charge < -0.3 is 36.0 Å². The lowest BCUT2D eigenvalue weighted by atomic mass is 10.0. The lowest BCUT2D eigenvalue weighted by Gasteiger charge is -2.30. The summed E-state index contributed by atoms with van der Waals surface area (Å²) in [5, 5.41) is 15.6. The zero-order chi connectivity index (χ0) is 32.3. The molecule has 5 rings (SSSR count). The van der Waals surface area contributed by atoms with Gasteiger partial charge in [-0.1, -0.05) is 63.1 Å². The molecular formula is C33H45N5O7. The molecule has 45 heavy (non-hydrogen) atoms. The van der Waals surface area contributed by atoms with Crippen LogP contribution in [0.4, 0.5) is 4.79 Å². The Hall–Kier alpha value is -3.93. The molecule has 4 aliphatic rings. The van der Waals surface area contributed by atoms with Gasteiger partial charge in [0.1, 0.15) is 23.7 Å². The Labute approximate surface area is 263 Å². The van der Waals surface area contributed by atoms with Crippen molar-refractivity contribution in [1.82, 2.24) is 20.4 Å². The van der Waals surface area contributed by atoms with Crippen molar-refractivity contribution < 1.29 is 33.8 Å². The summed E-state index contributed by atoms with van der Waals surface area (Å²) in [6.45, 7) is 4.46. The minimum atomic E-state index is -1.45. The van der Waals surface area contributed by atoms with Crippen molar-refractivity contribution in [2.24, 2.45) is 17.6 Å². The van der Waals surface area contributed by atoms with Gasteiger partial charge in [0.2, 0.25) is 17.7 Å². The van der Waals surface area contributed by atoms with E-state index in [1.807, 2.05) is 50.3 Å². The summed E-state index contributed by atoms with van der Waals surface area (Å²) < 4.78 is 5.88. The van der Waals surface area contributed by atoms with E-state index >= 15 is 0 Å². The topological polar surface area (TPSA) is 171 Å². The minimum absolute atomic E-state index is 0.0100. The van der Waals surface area contributed by atoms with Gasteiger partial charge in [-0.15, -0.1) is 0 Å². The smallest absolute Gasteiger partial charge is 0.410 e. The molecule has 0 radical (unpaired) electrons. The van der Waals surface area contributed by atoms with Crippen LogP contribution in [0.15, 0.2) is 36.4 Å². The van der Waals surface area contributed by atoms with E-state index in [-0.39, 0.29) is 31.2 Å². The fourth-order valence-electron chi connectivity index (χ4n) is 6.59. The van der Waals surface area contributed by atoms with E-state index in [0.717, 1.165) is 24.8 Å². The van der Waals surface area contributed by atoms with Gasteiger partial charge in [0.25, 0.3) is 0 Å². The normalized spacial score (nSPS) is 30.0. The van der Waals surface area contributed by atoms with Gasteiger partial charge in [-0.2, -0.15) is 0 Å². The number of nitrogens with one attached hydrogen (secondary N) is 2. The number of hydrogen-bond donors (Lipinski definition) is 4. The number of nitrogens with zero attached hydrogens (tertiary/aromatic N) is 2. The van der Waals surface area contributed by atoms with Crippen LogP contribution >= 0.6 is 0 Å². The molecule has 1 aliphatic carbocycles. The van der Waals surface area contributed by atoms with Crippen molar-refractivity contribution in [3.8, 4) is 0 Å². The van der Waals surface area contributed by atoms with Crippen molar-refractivity contribution >= 4 is 29.8 Å². The van der Waals surface area contributed by atoms with Crippen molar-refractivity contribution in [1.29, 1.82) is 0 Å². The van der Waals surface area contributed by atoms with Gasteiger partial charge in [-0.05, 0) is 49.1 Å². The van der Waals surface area contributed by atoms with E-state index in [9.17, 15) is 29.1 Å². The number of carboxylic acids is 1. The highest BCUT2D eigenvalue weighted by molar-refractivity contribution is 5.96. The van der Waals surface area contributed by atoms with Crippen molar-refractivity contribution in [3.63, 3.8) is 0 Å². The maximum absolute atomic E-state index is 14.1. The number of rotatable bonds is 5. The number of fused-ring (bicyclic) bond motifs is 3. The first-order chi connectivity index (χ1) is 21.5. The molecule has 1 saturated carbocycles. The summed E-state index contributed by atoms with van der Waals surface area (Å²) in [5.41, 5.74) is 6.87. The van der Waals surface area contributed by atoms with Gasteiger partial charge in [0.15, 0.2) is 0 Å². The summed E-state index contributed by atoms with van der Waals surface area (Å²) in [7, 11) is 0. The number of nitrogens with two attached hydrogens (primary N) is 1. The van der Waals surface area contributed by atoms with Gasteiger partial charge in [0.05, 0.1) is 12.6 Å². The van der Waals surface area contributed by atoms with Crippen LogP contribution in [0.2, 0.25) is 0 Å². The number of carboxylic acid groups (broad SMARTS) is 1. The van der Waals surface area contributed by atoms with E-state index in [2.05, 4.69) is 10.6 Å². The molecule has 12 heteroatoms. The molecule has 2 fully saturated rings. The van der Waals surface area contributed by atoms with Gasteiger partial charge in [-0.3, -0.25) is 14.4 Å². The average Bonchev–Trinajstić information content (AvgIpc) is 3.56. The van der Waals surface area contributed by atoms with Crippen molar-refractivity contribution in [3.05, 3.63) is 47.5 Å². The average molecular weight is 624 g/mol. The number of allylic oxidation sites excluding steroid dienone is 1. The predicted octanol–water partition coefficient (Wildman–Crippen LogP) is 2.10. The molecule has 1 aromatic carbocycles. The van der Waals surface area contributed by atoms with Gasteiger partial charge in [0, 0.05) is 25.4 Å². The minimum Gasteiger partial charge on any atom is -0.479 e. The van der Waals surface area contributed by atoms with Gasteiger partial charge >= 0.3 is 12.1 Å². The van der Waals surface area contributed by atoms with Crippen LogP contribution in [-0.4, -0.2) is 87.5 Å². The third-order valence-corrected chi connectivity index (χ3v) is 9.61. The molecule has 0 bridgehead atoms. The number of carbonyl (C=O) groups is 5. The van der Waals surface area contributed by atoms with Crippen LogP contribution in [0.3, 0.4) is 0 Å². The van der Waals surface area contributed by atoms with Crippen LogP contribution in [0.5, 0.6) is 0 Å². The molecule has 4 amide bonds. The number of carbonyl (C=O) groups excluding carboxylic acids is 4. The Bertz CT molecular complexity index is 1350. The second-order valence-corrected chi connectivity index (χ2v) is 13.2. The molecule has 3 aliphatic heterocycles. The van der Waals surface area contributed by atoms with E-state index in [1.165, 1.54) is 10.5 Å². The molecule has 0 aromatic heterocycles. The zero-order valence-corrected chi connectivity index (χ0v) is 26.1. The highest BCUT2D eigenvalue weighted by Crippen LogP contribution is 2.45. The largest absolute Gasteiger partial charge is 0.479 e. The molecular weight excluding hydrogens is 578 g/mol. The second kappa shape index (κ2) is 13.6. The molecule has 5 N–H and O–H groups in total. The van der Waals surface area contributed by atoms with Crippen molar-refractivity contribution in [2.75, 3.05) is 13.1 Å². The molecule has 0 spiro atoms. The fourth-order valence-corrected chi connectivity index (χ4v) is 6.59. The van der Waals surface area contributed by atoms with Gasteiger partial charge in [-0.25, -0.2) is 9.59 Å². The van der Waals surface area contributed by atoms with Crippen LogP contribution in [-0.2, 0) is 36.9 Å². The highest BCUT2D eigenvalue weighted by atomic mass is 16.6. The number of aliphatic carboxylic acids is 1. The third-order valence-electron chi connectivity index (χ3n) is 9.61. The quantitative estimate of drug-likeness (QED) is 0.361. The van der Waals surface area contributed by atoms with Crippen molar-refractivity contribution in [2.45, 2.75) is 102 Å².